The van der Waals surface area contributed by atoms with Crippen molar-refractivity contribution in [2.24, 2.45) is 0 Å². The molecule has 1 heterocycles. The Kier molecular flexibility index (Phi) is 6.85. The van der Waals surface area contributed by atoms with Crippen molar-refractivity contribution in [2.75, 3.05) is 18.5 Å². The van der Waals surface area contributed by atoms with Crippen LogP contribution >= 0.6 is 0 Å². The molecule has 156 valence electrons. The molecule has 0 fully saturated rings. The molecule has 7 heteroatoms. The fourth-order valence-electron chi connectivity index (χ4n) is 3.27. The van der Waals surface area contributed by atoms with Crippen LogP contribution in [0.4, 0.5) is 5.69 Å². The van der Waals surface area contributed by atoms with Gasteiger partial charge in [-0.15, -0.1) is 0 Å². The van der Waals surface area contributed by atoms with E-state index in [2.05, 4.69) is 5.32 Å². The molecule has 0 saturated heterocycles. The zero-order valence-corrected chi connectivity index (χ0v) is 17.0. The second kappa shape index (κ2) is 9.73. The summed E-state index contributed by atoms with van der Waals surface area (Å²) in [5, 5.41) is 2.67. The number of carbonyl (C=O) groups excluding carboxylic acids is 3. The molecule has 0 aliphatic carbocycles. The second-order valence-electron chi connectivity index (χ2n) is 6.76. The summed E-state index contributed by atoms with van der Waals surface area (Å²) in [6, 6.07) is 14.0. The third-order valence-electron chi connectivity index (χ3n) is 4.64. The van der Waals surface area contributed by atoms with Crippen LogP contribution in [0.15, 0.2) is 54.7 Å². The summed E-state index contributed by atoms with van der Waals surface area (Å²) in [5.74, 6) is -0.469. The average Bonchev–Trinajstić information content (AvgIpc) is 2.74. The van der Waals surface area contributed by atoms with Crippen molar-refractivity contribution in [2.45, 2.75) is 26.3 Å². The molecule has 0 spiro atoms. The van der Waals surface area contributed by atoms with Crippen molar-refractivity contribution in [1.29, 1.82) is 0 Å². The molecule has 2 aromatic carbocycles. The van der Waals surface area contributed by atoms with E-state index in [1.165, 1.54) is 11.8 Å². The minimum absolute atomic E-state index is 0.0444. The van der Waals surface area contributed by atoms with Crippen LogP contribution in [0.3, 0.4) is 0 Å². The van der Waals surface area contributed by atoms with Gasteiger partial charge in [0.2, 0.25) is 5.91 Å². The van der Waals surface area contributed by atoms with E-state index in [4.69, 9.17) is 9.47 Å². The maximum Gasteiger partial charge on any atom is 0.308 e. The third-order valence-corrected chi connectivity index (χ3v) is 4.64. The van der Waals surface area contributed by atoms with Gasteiger partial charge in [0.05, 0.1) is 19.1 Å². The van der Waals surface area contributed by atoms with Gasteiger partial charge in [0.25, 0.3) is 5.91 Å². The molecule has 1 aliphatic rings. The number of esters is 1. The first kappa shape index (κ1) is 21.1. The summed E-state index contributed by atoms with van der Waals surface area (Å²) >= 11 is 0. The number of nitrogens with zero attached hydrogens (tertiary/aromatic N) is 1. The lowest BCUT2D eigenvalue weighted by Gasteiger charge is -2.32. The van der Waals surface area contributed by atoms with E-state index in [-0.39, 0.29) is 12.3 Å². The van der Waals surface area contributed by atoms with E-state index in [1.54, 1.807) is 30.5 Å². The number of anilines is 1. The minimum atomic E-state index is -0.557. The third kappa shape index (κ3) is 5.26. The van der Waals surface area contributed by atoms with E-state index in [0.717, 1.165) is 11.1 Å². The lowest BCUT2D eigenvalue weighted by atomic mass is 9.94. The topological polar surface area (TPSA) is 84.9 Å². The average molecular weight is 408 g/mol. The number of fused-ring (bicyclic) bond motifs is 1. The second-order valence-corrected chi connectivity index (χ2v) is 6.76. The SMILES string of the molecule is CCOc1ccc(NC(=O)COC(=O)C[C@@H]2c3ccccc3C=CN2C(C)=O)cc1. The predicted octanol–water partition coefficient (Wildman–Crippen LogP) is 3.53. The van der Waals surface area contributed by atoms with Crippen LogP contribution in [0, 0.1) is 0 Å². The lowest BCUT2D eigenvalue weighted by molar-refractivity contribution is -0.149. The summed E-state index contributed by atoms with van der Waals surface area (Å²) in [6.07, 6.45) is 3.46. The molecule has 2 aromatic rings. The van der Waals surface area contributed by atoms with Crippen molar-refractivity contribution in [3.05, 3.63) is 65.9 Å². The molecule has 0 saturated carbocycles. The zero-order valence-electron chi connectivity index (χ0n) is 17.0. The van der Waals surface area contributed by atoms with E-state index in [9.17, 15) is 14.4 Å². The number of rotatable bonds is 7. The van der Waals surface area contributed by atoms with E-state index >= 15 is 0 Å². The van der Waals surface area contributed by atoms with Crippen LogP contribution in [0.2, 0.25) is 0 Å². The molecule has 0 aromatic heterocycles. The van der Waals surface area contributed by atoms with Crippen molar-refractivity contribution in [3.8, 4) is 5.75 Å². The monoisotopic (exact) mass is 408 g/mol. The van der Waals surface area contributed by atoms with Gasteiger partial charge < -0.3 is 19.7 Å². The van der Waals surface area contributed by atoms with Gasteiger partial charge in [-0.05, 0) is 48.4 Å². The molecular formula is C23H24N2O5. The van der Waals surface area contributed by atoms with Crippen LogP contribution in [-0.2, 0) is 19.1 Å². The number of nitrogens with one attached hydrogen (secondary N) is 1. The number of hydrogen-bond donors (Lipinski definition) is 1. The standard InChI is InChI=1S/C23H24N2O5/c1-3-29-19-10-8-18(9-11-19)24-22(27)15-30-23(28)14-21-20-7-5-4-6-17(20)12-13-25(21)16(2)26/h4-13,21H,3,14-15H2,1-2H3,(H,24,27)/t21-/m1/s1. The Hall–Kier alpha value is -3.61. The Labute approximate surface area is 175 Å². The highest BCUT2D eigenvalue weighted by Gasteiger charge is 2.28. The van der Waals surface area contributed by atoms with Gasteiger partial charge in [0, 0.05) is 18.8 Å². The van der Waals surface area contributed by atoms with Gasteiger partial charge in [-0.1, -0.05) is 24.3 Å². The molecule has 2 amide bonds. The quantitative estimate of drug-likeness (QED) is 0.709. The fraction of sp³-hybridized carbons (Fsp3) is 0.261. The maximum atomic E-state index is 12.4. The van der Waals surface area contributed by atoms with Gasteiger partial charge in [-0.2, -0.15) is 0 Å². The summed E-state index contributed by atoms with van der Waals surface area (Å²) in [4.78, 5) is 38.0. The highest BCUT2D eigenvalue weighted by atomic mass is 16.5. The summed E-state index contributed by atoms with van der Waals surface area (Å²) < 4.78 is 10.5. The largest absolute Gasteiger partial charge is 0.494 e. The molecule has 1 atom stereocenters. The number of carbonyl (C=O) groups is 3. The van der Waals surface area contributed by atoms with Crippen molar-refractivity contribution < 1.29 is 23.9 Å². The predicted molar refractivity (Wildman–Crippen MR) is 113 cm³/mol. The van der Waals surface area contributed by atoms with Crippen molar-refractivity contribution in [3.63, 3.8) is 0 Å². The zero-order chi connectivity index (χ0) is 21.5. The number of amides is 2. The summed E-state index contributed by atoms with van der Waals surface area (Å²) in [6.45, 7) is 3.49. The van der Waals surface area contributed by atoms with E-state index in [0.29, 0.717) is 18.0 Å². The number of hydrogen-bond acceptors (Lipinski definition) is 5. The van der Waals surface area contributed by atoms with Crippen LogP contribution < -0.4 is 10.1 Å². The normalized spacial score (nSPS) is 14.6. The maximum absolute atomic E-state index is 12.4. The van der Waals surface area contributed by atoms with Crippen molar-refractivity contribution in [1.82, 2.24) is 4.90 Å². The van der Waals surface area contributed by atoms with Gasteiger partial charge in [-0.25, -0.2) is 0 Å². The molecule has 1 aliphatic heterocycles. The smallest absolute Gasteiger partial charge is 0.308 e. The molecule has 3 rings (SSSR count). The van der Waals surface area contributed by atoms with Crippen LogP contribution in [0.25, 0.3) is 6.08 Å². The molecule has 7 nitrogen and oxygen atoms in total. The first-order chi connectivity index (χ1) is 14.5. The van der Waals surface area contributed by atoms with E-state index < -0.39 is 24.5 Å². The molecular weight excluding hydrogens is 384 g/mol. The Morgan fingerprint density at radius 2 is 1.80 bits per heavy atom. The Balaban J connectivity index is 1.56. The first-order valence-corrected chi connectivity index (χ1v) is 9.72. The number of ether oxygens (including phenoxy) is 2. The van der Waals surface area contributed by atoms with E-state index in [1.807, 2.05) is 37.3 Å². The van der Waals surface area contributed by atoms with Gasteiger partial charge in [0.15, 0.2) is 6.61 Å². The van der Waals surface area contributed by atoms with Crippen LogP contribution in [0.5, 0.6) is 5.75 Å². The lowest BCUT2D eigenvalue weighted by Crippen LogP contribution is -2.33. The minimum Gasteiger partial charge on any atom is -0.494 e. The summed E-state index contributed by atoms with van der Waals surface area (Å²) in [7, 11) is 0. The highest BCUT2D eigenvalue weighted by molar-refractivity contribution is 5.93. The van der Waals surface area contributed by atoms with Crippen LogP contribution in [0.1, 0.15) is 37.4 Å². The molecule has 0 radical (unpaired) electrons. The fourth-order valence-corrected chi connectivity index (χ4v) is 3.27. The number of benzene rings is 2. The molecule has 0 unspecified atom stereocenters. The Bertz CT molecular complexity index is 952. The van der Waals surface area contributed by atoms with Crippen molar-refractivity contribution >= 4 is 29.5 Å². The van der Waals surface area contributed by atoms with Gasteiger partial charge in [0.1, 0.15) is 5.75 Å². The molecule has 30 heavy (non-hydrogen) atoms. The molecule has 0 bridgehead atoms. The van der Waals surface area contributed by atoms with Crippen LogP contribution in [-0.4, -0.2) is 35.9 Å². The first-order valence-electron chi connectivity index (χ1n) is 9.72. The van der Waals surface area contributed by atoms with Gasteiger partial charge >= 0.3 is 5.97 Å². The highest BCUT2D eigenvalue weighted by Crippen LogP contribution is 2.33. The Morgan fingerprint density at radius 1 is 1.07 bits per heavy atom. The van der Waals surface area contributed by atoms with Gasteiger partial charge in [-0.3, -0.25) is 14.4 Å². The summed E-state index contributed by atoms with van der Waals surface area (Å²) in [5.41, 5.74) is 2.39. The molecule has 1 N–H and O–H groups in total. The Morgan fingerprint density at radius 3 is 2.50 bits per heavy atom.